The Kier molecular flexibility index (Phi) is 5.39. The van der Waals surface area contributed by atoms with Gasteiger partial charge < -0.3 is 19.9 Å². The summed E-state index contributed by atoms with van der Waals surface area (Å²) < 4.78 is 21.1. The van der Waals surface area contributed by atoms with E-state index >= 15 is 0 Å². The van der Waals surface area contributed by atoms with Crippen LogP contribution >= 0.6 is 0 Å². The number of anilines is 2. The Morgan fingerprint density at radius 2 is 1.75 bits per heavy atom. The molecule has 0 aliphatic rings. The number of methoxy groups -OCH3 is 1. The summed E-state index contributed by atoms with van der Waals surface area (Å²) in [6, 6.07) is 9.30. The lowest BCUT2D eigenvalue weighted by atomic mass is 10.1. The molecule has 3 aromatic rings. The molecule has 7 nitrogen and oxygen atoms in total. The second kappa shape index (κ2) is 7.91. The van der Waals surface area contributed by atoms with E-state index in [0.717, 1.165) is 11.6 Å². The van der Waals surface area contributed by atoms with Crippen LogP contribution in [0.15, 0.2) is 48.9 Å². The number of nitrogens with zero attached hydrogens (tertiary/aromatic N) is 2. The van der Waals surface area contributed by atoms with Gasteiger partial charge in [-0.05, 0) is 25.1 Å². The van der Waals surface area contributed by atoms with Gasteiger partial charge in [-0.1, -0.05) is 17.7 Å². The van der Waals surface area contributed by atoms with Gasteiger partial charge in [-0.3, -0.25) is 9.59 Å². The van der Waals surface area contributed by atoms with Crippen LogP contribution in [0.5, 0.6) is 5.75 Å². The SMILES string of the molecule is COc1cc(F)c(NC(=O)c2ccc(C)cc2)cc1NC(=O)c1cncn1C. The minimum atomic E-state index is -0.684. The van der Waals surface area contributed by atoms with Crippen molar-refractivity contribution >= 4 is 23.2 Å². The van der Waals surface area contributed by atoms with Crippen LogP contribution in [0.4, 0.5) is 15.8 Å². The molecule has 0 atom stereocenters. The molecule has 3 rings (SSSR count). The third-order valence-electron chi connectivity index (χ3n) is 4.15. The number of imidazole rings is 1. The quantitative estimate of drug-likeness (QED) is 0.708. The molecule has 0 fully saturated rings. The summed E-state index contributed by atoms with van der Waals surface area (Å²) in [5, 5.41) is 5.17. The van der Waals surface area contributed by atoms with E-state index in [2.05, 4.69) is 15.6 Å². The maximum absolute atomic E-state index is 14.4. The smallest absolute Gasteiger partial charge is 0.274 e. The predicted molar refractivity (Wildman–Crippen MR) is 103 cm³/mol. The van der Waals surface area contributed by atoms with Crippen molar-refractivity contribution in [2.45, 2.75) is 6.92 Å². The van der Waals surface area contributed by atoms with Gasteiger partial charge in [0.15, 0.2) is 5.82 Å². The van der Waals surface area contributed by atoms with Gasteiger partial charge in [0.1, 0.15) is 11.4 Å². The number of carbonyl (C=O) groups is 2. The third-order valence-corrected chi connectivity index (χ3v) is 4.15. The van der Waals surface area contributed by atoms with Crippen molar-refractivity contribution in [1.82, 2.24) is 9.55 Å². The maximum atomic E-state index is 14.4. The fourth-order valence-corrected chi connectivity index (χ4v) is 2.58. The predicted octanol–water partition coefficient (Wildman–Crippen LogP) is 3.38. The highest BCUT2D eigenvalue weighted by molar-refractivity contribution is 6.06. The molecule has 0 radical (unpaired) electrons. The maximum Gasteiger partial charge on any atom is 0.274 e. The fraction of sp³-hybridized carbons (Fsp3) is 0.150. The number of hydrogen-bond acceptors (Lipinski definition) is 4. The van der Waals surface area contributed by atoms with Gasteiger partial charge in [0, 0.05) is 18.7 Å². The molecule has 28 heavy (non-hydrogen) atoms. The Morgan fingerprint density at radius 1 is 1.07 bits per heavy atom. The molecule has 2 aromatic carbocycles. The molecule has 0 unspecified atom stereocenters. The van der Waals surface area contributed by atoms with Crippen molar-refractivity contribution in [3.8, 4) is 5.75 Å². The highest BCUT2D eigenvalue weighted by Gasteiger charge is 2.17. The van der Waals surface area contributed by atoms with E-state index in [9.17, 15) is 14.0 Å². The highest BCUT2D eigenvalue weighted by atomic mass is 19.1. The number of hydrogen-bond donors (Lipinski definition) is 2. The van der Waals surface area contributed by atoms with Gasteiger partial charge in [-0.15, -0.1) is 0 Å². The summed E-state index contributed by atoms with van der Waals surface area (Å²) in [6.07, 6.45) is 2.90. The first-order valence-corrected chi connectivity index (χ1v) is 8.42. The van der Waals surface area contributed by atoms with Gasteiger partial charge in [0.05, 0.1) is 31.0 Å². The Balaban J connectivity index is 1.87. The molecule has 0 saturated carbocycles. The van der Waals surface area contributed by atoms with Crippen molar-refractivity contribution in [1.29, 1.82) is 0 Å². The minimum Gasteiger partial charge on any atom is -0.494 e. The Morgan fingerprint density at radius 3 is 2.36 bits per heavy atom. The summed E-state index contributed by atoms with van der Waals surface area (Å²) >= 11 is 0. The molecule has 0 aliphatic carbocycles. The van der Waals surface area contributed by atoms with E-state index in [0.29, 0.717) is 11.3 Å². The van der Waals surface area contributed by atoms with Crippen molar-refractivity contribution < 1.29 is 18.7 Å². The van der Waals surface area contributed by atoms with Crippen molar-refractivity contribution in [3.63, 3.8) is 0 Å². The lowest BCUT2D eigenvalue weighted by Gasteiger charge is -2.14. The first-order valence-electron chi connectivity index (χ1n) is 8.42. The van der Waals surface area contributed by atoms with Crippen LogP contribution in [0.1, 0.15) is 26.4 Å². The first-order chi connectivity index (χ1) is 13.4. The molecule has 1 aromatic heterocycles. The zero-order valence-corrected chi connectivity index (χ0v) is 15.6. The Hall–Kier alpha value is -3.68. The standard InChI is InChI=1S/C20H19FN4O3/c1-12-4-6-13(7-5-12)19(26)23-15-9-16(18(28-3)8-14(15)21)24-20(27)17-10-22-11-25(17)2/h4-11H,1-3H3,(H,23,26)(H,24,27). The molecule has 1 heterocycles. The van der Waals surface area contributed by atoms with Crippen LogP contribution < -0.4 is 15.4 Å². The monoisotopic (exact) mass is 382 g/mol. The van der Waals surface area contributed by atoms with E-state index < -0.39 is 17.6 Å². The summed E-state index contributed by atoms with van der Waals surface area (Å²) in [4.78, 5) is 28.7. The molecule has 0 aliphatic heterocycles. The topological polar surface area (TPSA) is 85.2 Å². The number of ether oxygens (including phenoxy) is 1. The van der Waals surface area contributed by atoms with Gasteiger partial charge in [-0.2, -0.15) is 0 Å². The van der Waals surface area contributed by atoms with E-state index in [1.165, 1.54) is 25.7 Å². The summed E-state index contributed by atoms with van der Waals surface area (Å²) in [7, 11) is 3.04. The second-order valence-corrected chi connectivity index (χ2v) is 6.20. The number of aromatic nitrogens is 2. The van der Waals surface area contributed by atoms with Gasteiger partial charge in [0.25, 0.3) is 11.8 Å². The van der Waals surface area contributed by atoms with Crippen molar-refractivity contribution in [2.24, 2.45) is 7.05 Å². The van der Waals surface area contributed by atoms with Gasteiger partial charge >= 0.3 is 0 Å². The molecule has 2 N–H and O–H groups in total. The lowest BCUT2D eigenvalue weighted by molar-refractivity contribution is 0.101. The Labute approximate surface area is 161 Å². The summed E-state index contributed by atoms with van der Waals surface area (Å²) in [5.41, 5.74) is 1.85. The van der Waals surface area contributed by atoms with Gasteiger partial charge in [0.2, 0.25) is 0 Å². The largest absolute Gasteiger partial charge is 0.494 e. The summed E-state index contributed by atoms with van der Waals surface area (Å²) in [6.45, 7) is 1.90. The number of rotatable bonds is 5. The van der Waals surface area contributed by atoms with E-state index in [4.69, 9.17) is 4.74 Å². The van der Waals surface area contributed by atoms with Crippen LogP contribution in [-0.4, -0.2) is 28.5 Å². The van der Waals surface area contributed by atoms with Crippen LogP contribution in [0.3, 0.4) is 0 Å². The van der Waals surface area contributed by atoms with Crippen LogP contribution in [-0.2, 0) is 7.05 Å². The Bertz CT molecular complexity index is 1030. The number of halogens is 1. The normalized spacial score (nSPS) is 10.4. The van der Waals surface area contributed by atoms with Crippen LogP contribution in [0.2, 0.25) is 0 Å². The van der Waals surface area contributed by atoms with E-state index in [1.807, 2.05) is 6.92 Å². The molecule has 144 valence electrons. The summed E-state index contributed by atoms with van der Waals surface area (Å²) in [5.74, 6) is -1.47. The van der Waals surface area contributed by atoms with E-state index in [-0.39, 0.29) is 17.1 Å². The third kappa shape index (κ3) is 4.01. The second-order valence-electron chi connectivity index (χ2n) is 6.20. The molecule has 2 amide bonds. The van der Waals surface area contributed by atoms with Gasteiger partial charge in [-0.25, -0.2) is 9.37 Å². The lowest BCUT2D eigenvalue weighted by Crippen LogP contribution is -2.17. The van der Waals surface area contributed by atoms with Crippen LogP contribution in [0, 0.1) is 12.7 Å². The number of benzene rings is 2. The van der Waals surface area contributed by atoms with E-state index in [1.54, 1.807) is 35.9 Å². The molecular weight excluding hydrogens is 363 g/mol. The average molecular weight is 382 g/mol. The molecule has 0 spiro atoms. The molecule has 8 heteroatoms. The number of amides is 2. The number of nitrogens with one attached hydrogen (secondary N) is 2. The van der Waals surface area contributed by atoms with Crippen molar-refractivity contribution in [2.75, 3.05) is 17.7 Å². The minimum absolute atomic E-state index is 0.0771. The molecule has 0 bridgehead atoms. The highest BCUT2D eigenvalue weighted by Crippen LogP contribution is 2.31. The number of aryl methyl sites for hydroxylation is 2. The molecule has 0 saturated heterocycles. The molecular formula is C20H19FN4O3. The van der Waals surface area contributed by atoms with Crippen molar-refractivity contribution in [3.05, 3.63) is 71.6 Å². The zero-order valence-electron chi connectivity index (χ0n) is 15.6. The fourth-order valence-electron chi connectivity index (χ4n) is 2.58. The van der Waals surface area contributed by atoms with Crippen LogP contribution in [0.25, 0.3) is 0 Å². The average Bonchev–Trinajstić information content (AvgIpc) is 3.10. The first kappa shape index (κ1) is 19.1. The number of carbonyl (C=O) groups excluding carboxylic acids is 2. The zero-order chi connectivity index (χ0) is 20.3.